The Bertz CT molecular complexity index is 628. The van der Waals surface area contributed by atoms with Gasteiger partial charge in [0, 0.05) is 25.3 Å². The maximum Gasteiger partial charge on any atom is 0.320 e. The Morgan fingerprint density at radius 3 is 3.04 bits per heavy atom. The fraction of sp³-hybridized carbons (Fsp3) is 0.579. The maximum atomic E-state index is 12.5. The predicted molar refractivity (Wildman–Crippen MR) is 99.5 cm³/mol. The summed E-state index contributed by atoms with van der Waals surface area (Å²) in [5.41, 5.74) is 2.62. The molecule has 0 aromatic carbocycles. The van der Waals surface area contributed by atoms with Crippen LogP contribution in [0.15, 0.2) is 36.1 Å². The SMILES string of the molecule is C=C[C@@H](CC(=O)O)N1CCN(CCCC2=CC=C3CCCNC3N2)C1=O. The minimum absolute atomic E-state index is 0.0853. The van der Waals surface area contributed by atoms with Crippen LogP contribution in [0.4, 0.5) is 4.79 Å². The topological polar surface area (TPSA) is 84.9 Å². The number of amides is 2. The number of carbonyl (C=O) groups excluding carboxylic acids is 1. The highest BCUT2D eigenvalue weighted by molar-refractivity contribution is 5.78. The largest absolute Gasteiger partial charge is 0.481 e. The van der Waals surface area contributed by atoms with E-state index in [1.807, 2.05) is 4.90 Å². The van der Waals surface area contributed by atoms with Gasteiger partial charge >= 0.3 is 12.0 Å². The highest BCUT2D eigenvalue weighted by Gasteiger charge is 2.33. The quantitative estimate of drug-likeness (QED) is 0.573. The molecule has 2 saturated heterocycles. The lowest BCUT2D eigenvalue weighted by Gasteiger charge is -2.32. The molecule has 3 heterocycles. The Morgan fingerprint density at radius 1 is 1.42 bits per heavy atom. The van der Waals surface area contributed by atoms with Crippen molar-refractivity contribution in [1.29, 1.82) is 0 Å². The minimum Gasteiger partial charge on any atom is -0.481 e. The zero-order chi connectivity index (χ0) is 18.5. The van der Waals surface area contributed by atoms with Gasteiger partial charge in [-0.05, 0) is 43.9 Å². The van der Waals surface area contributed by atoms with E-state index in [2.05, 4.69) is 29.4 Å². The summed E-state index contributed by atoms with van der Waals surface area (Å²) in [4.78, 5) is 26.9. The molecule has 2 atom stereocenters. The van der Waals surface area contributed by atoms with Crippen LogP contribution < -0.4 is 10.6 Å². The van der Waals surface area contributed by atoms with Gasteiger partial charge in [-0.25, -0.2) is 4.79 Å². The predicted octanol–water partition coefficient (Wildman–Crippen LogP) is 1.66. The van der Waals surface area contributed by atoms with Crippen LogP contribution in [0, 0.1) is 0 Å². The van der Waals surface area contributed by atoms with Crippen LogP contribution in [0.25, 0.3) is 0 Å². The van der Waals surface area contributed by atoms with Gasteiger partial charge in [-0.3, -0.25) is 10.1 Å². The summed E-state index contributed by atoms with van der Waals surface area (Å²) in [5.74, 6) is -0.916. The van der Waals surface area contributed by atoms with Gasteiger partial charge in [-0.1, -0.05) is 12.2 Å². The molecule has 0 radical (unpaired) electrons. The highest BCUT2D eigenvalue weighted by Crippen LogP contribution is 2.21. The molecule has 3 rings (SSSR count). The van der Waals surface area contributed by atoms with Gasteiger partial charge in [-0.15, -0.1) is 6.58 Å². The number of urea groups is 1. The number of hydrogen-bond donors (Lipinski definition) is 3. The van der Waals surface area contributed by atoms with Crippen molar-refractivity contribution in [3.63, 3.8) is 0 Å². The van der Waals surface area contributed by atoms with Crippen molar-refractivity contribution < 1.29 is 14.7 Å². The number of fused-ring (bicyclic) bond motifs is 1. The molecule has 0 aromatic heterocycles. The number of piperidine rings is 1. The standard InChI is InChI=1S/C19H28N4O3/c1-2-16(13-17(24)25)23-12-11-22(19(23)26)10-4-6-15-8-7-14-5-3-9-20-18(14)21-15/h2,7-8,16,18,20-21H,1,3-6,9-13H2,(H,24,25)/t16-,18?/m0/s1. The number of allylic oxidation sites excluding steroid dienone is 3. The molecule has 0 saturated carbocycles. The van der Waals surface area contributed by atoms with Gasteiger partial charge < -0.3 is 20.2 Å². The van der Waals surface area contributed by atoms with Crippen LogP contribution in [-0.2, 0) is 4.79 Å². The number of rotatable bonds is 8. The number of dihydropyridines is 1. The minimum atomic E-state index is -0.916. The first-order valence-corrected chi connectivity index (χ1v) is 9.38. The molecule has 7 heteroatoms. The molecule has 0 bridgehead atoms. The Morgan fingerprint density at radius 2 is 2.27 bits per heavy atom. The van der Waals surface area contributed by atoms with E-state index < -0.39 is 12.0 Å². The Kier molecular flexibility index (Phi) is 5.98. The van der Waals surface area contributed by atoms with Crippen LogP contribution in [0.2, 0.25) is 0 Å². The summed E-state index contributed by atoms with van der Waals surface area (Å²) in [5, 5.41) is 16.0. The van der Waals surface area contributed by atoms with E-state index in [0.717, 1.165) is 25.8 Å². The number of hydrogen-bond acceptors (Lipinski definition) is 4. The fourth-order valence-electron chi connectivity index (χ4n) is 3.81. The zero-order valence-electron chi connectivity index (χ0n) is 15.1. The number of nitrogens with one attached hydrogen (secondary N) is 2. The molecule has 0 aromatic rings. The number of aliphatic carboxylic acids is 1. The number of nitrogens with zero attached hydrogens (tertiary/aromatic N) is 2. The third kappa shape index (κ3) is 4.27. The van der Waals surface area contributed by atoms with E-state index in [0.29, 0.717) is 19.6 Å². The van der Waals surface area contributed by atoms with E-state index in [1.165, 1.54) is 17.7 Å². The van der Waals surface area contributed by atoms with Crippen molar-refractivity contribution in [2.45, 2.75) is 44.3 Å². The number of carbonyl (C=O) groups is 2. The van der Waals surface area contributed by atoms with Gasteiger partial charge in [0.1, 0.15) is 0 Å². The molecular weight excluding hydrogens is 332 g/mol. The Balaban J connectivity index is 1.46. The van der Waals surface area contributed by atoms with Gasteiger partial charge in [0.2, 0.25) is 0 Å². The zero-order valence-corrected chi connectivity index (χ0v) is 15.1. The third-order valence-corrected chi connectivity index (χ3v) is 5.25. The molecule has 3 N–H and O–H groups in total. The molecule has 0 aliphatic carbocycles. The lowest BCUT2D eigenvalue weighted by molar-refractivity contribution is -0.137. The first-order valence-electron chi connectivity index (χ1n) is 9.38. The Hall–Kier alpha value is -2.28. The first kappa shape index (κ1) is 18.5. The molecule has 142 valence electrons. The van der Waals surface area contributed by atoms with Crippen molar-refractivity contribution in [3.05, 3.63) is 36.1 Å². The molecule has 2 amide bonds. The summed E-state index contributed by atoms with van der Waals surface area (Å²) in [6, 6.07) is -0.522. The van der Waals surface area contributed by atoms with Crippen LogP contribution in [0.5, 0.6) is 0 Å². The molecule has 7 nitrogen and oxygen atoms in total. The summed E-state index contributed by atoms with van der Waals surface area (Å²) < 4.78 is 0. The van der Waals surface area contributed by atoms with Crippen LogP contribution in [-0.4, -0.2) is 65.3 Å². The summed E-state index contributed by atoms with van der Waals surface area (Å²) in [6.07, 6.45) is 10.2. The molecular formula is C19H28N4O3. The maximum absolute atomic E-state index is 12.5. The van der Waals surface area contributed by atoms with Crippen molar-refractivity contribution in [3.8, 4) is 0 Å². The molecule has 26 heavy (non-hydrogen) atoms. The molecule has 1 unspecified atom stereocenters. The molecule has 2 fully saturated rings. The van der Waals surface area contributed by atoms with Crippen molar-refractivity contribution in [2.75, 3.05) is 26.2 Å². The molecule has 3 aliphatic rings. The summed E-state index contributed by atoms with van der Waals surface area (Å²) in [6.45, 7) is 6.59. The van der Waals surface area contributed by atoms with E-state index in [4.69, 9.17) is 5.11 Å². The smallest absolute Gasteiger partial charge is 0.320 e. The van der Waals surface area contributed by atoms with Crippen LogP contribution in [0.3, 0.4) is 0 Å². The first-order chi connectivity index (χ1) is 12.6. The van der Waals surface area contributed by atoms with Gasteiger partial charge in [-0.2, -0.15) is 0 Å². The van der Waals surface area contributed by atoms with E-state index in [9.17, 15) is 9.59 Å². The monoisotopic (exact) mass is 360 g/mol. The lowest BCUT2D eigenvalue weighted by Crippen LogP contribution is -2.47. The molecule has 3 aliphatic heterocycles. The van der Waals surface area contributed by atoms with Gasteiger partial charge in [0.05, 0.1) is 18.6 Å². The van der Waals surface area contributed by atoms with Gasteiger partial charge in [0.15, 0.2) is 0 Å². The number of carboxylic acid groups (broad SMARTS) is 1. The second kappa shape index (κ2) is 8.40. The van der Waals surface area contributed by atoms with E-state index in [1.54, 1.807) is 11.0 Å². The fourth-order valence-corrected chi connectivity index (χ4v) is 3.81. The Labute approximate surface area is 154 Å². The van der Waals surface area contributed by atoms with Crippen LogP contribution >= 0.6 is 0 Å². The summed E-state index contributed by atoms with van der Waals surface area (Å²) >= 11 is 0. The summed E-state index contributed by atoms with van der Waals surface area (Å²) in [7, 11) is 0. The van der Waals surface area contributed by atoms with Crippen molar-refractivity contribution in [2.24, 2.45) is 0 Å². The molecule has 0 spiro atoms. The van der Waals surface area contributed by atoms with Gasteiger partial charge in [0.25, 0.3) is 0 Å². The average Bonchev–Trinajstić information content (AvgIpc) is 3.00. The average molecular weight is 360 g/mol. The van der Waals surface area contributed by atoms with Crippen molar-refractivity contribution in [1.82, 2.24) is 20.4 Å². The number of carboxylic acids is 1. The lowest BCUT2D eigenvalue weighted by atomic mass is 9.99. The van der Waals surface area contributed by atoms with E-state index in [-0.39, 0.29) is 18.6 Å². The second-order valence-corrected chi connectivity index (χ2v) is 7.04. The van der Waals surface area contributed by atoms with E-state index >= 15 is 0 Å². The van der Waals surface area contributed by atoms with Crippen molar-refractivity contribution >= 4 is 12.0 Å². The second-order valence-electron chi connectivity index (χ2n) is 7.04. The normalized spacial score (nSPS) is 23.7. The third-order valence-electron chi connectivity index (χ3n) is 5.25. The van der Waals surface area contributed by atoms with Crippen LogP contribution in [0.1, 0.15) is 32.1 Å². The highest BCUT2D eigenvalue weighted by atomic mass is 16.4.